The number of hydrogen-bond acceptors (Lipinski definition) is 3. The molecule has 76 valence electrons. The lowest BCUT2D eigenvalue weighted by Gasteiger charge is -2.06. The van der Waals surface area contributed by atoms with Gasteiger partial charge in [-0.2, -0.15) is 0 Å². The zero-order chi connectivity index (χ0) is 10.2. The van der Waals surface area contributed by atoms with Crippen LogP contribution in [0.2, 0.25) is 0 Å². The van der Waals surface area contributed by atoms with Crippen molar-refractivity contribution in [2.24, 2.45) is 0 Å². The fourth-order valence-electron chi connectivity index (χ4n) is 1.10. The minimum Gasteiger partial charge on any atom is -0.355 e. The van der Waals surface area contributed by atoms with Gasteiger partial charge in [0.05, 0.1) is 5.75 Å². The molecule has 1 rings (SSSR count). The van der Waals surface area contributed by atoms with Crippen LogP contribution in [-0.2, 0) is 6.54 Å². The summed E-state index contributed by atoms with van der Waals surface area (Å²) in [6.45, 7) is 3.95. The van der Waals surface area contributed by atoms with Crippen molar-refractivity contribution >= 4 is 17.7 Å². The number of thioether (sulfide) groups is 1. The Morgan fingerprint density at radius 1 is 1.71 bits per heavy atom. The summed E-state index contributed by atoms with van der Waals surface area (Å²) < 4.78 is 2.08. The molecule has 0 amide bonds. The van der Waals surface area contributed by atoms with Gasteiger partial charge in [-0.1, -0.05) is 5.92 Å². The Kier molecular flexibility index (Phi) is 5.02. The fraction of sp³-hybridized carbons (Fsp3) is 0.500. The summed E-state index contributed by atoms with van der Waals surface area (Å²) in [7, 11) is 0. The Hall–Kier alpha value is -1.08. The molecule has 1 aromatic heterocycles. The molecule has 0 atom stereocenters. The van der Waals surface area contributed by atoms with Crippen LogP contribution < -0.4 is 5.32 Å². The molecule has 0 unspecified atom stereocenters. The number of aromatic nitrogens is 2. The van der Waals surface area contributed by atoms with Crippen molar-refractivity contribution in [2.45, 2.75) is 13.5 Å². The zero-order valence-electron chi connectivity index (χ0n) is 8.36. The first kappa shape index (κ1) is 11.0. The molecule has 0 saturated carbocycles. The monoisotopic (exact) mass is 209 g/mol. The molecule has 0 spiro atoms. The van der Waals surface area contributed by atoms with E-state index >= 15 is 0 Å². The highest BCUT2D eigenvalue weighted by atomic mass is 32.2. The SMILES string of the molecule is C#CCSCCNc1nccn1CC. The van der Waals surface area contributed by atoms with E-state index in [9.17, 15) is 0 Å². The largest absolute Gasteiger partial charge is 0.355 e. The molecule has 0 aliphatic rings. The number of aryl methyl sites for hydroxylation is 1. The summed E-state index contributed by atoms with van der Waals surface area (Å²) in [5, 5.41) is 3.27. The first-order valence-electron chi connectivity index (χ1n) is 4.64. The van der Waals surface area contributed by atoms with E-state index in [4.69, 9.17) is 6.42 Å². The number of terminal acetylenes is 1. The van der Waals surface area contributed by atoms with Gasteiger partial charge >= 0.3 is 0 Å². The average molecular weight is 209 g/mol. The van der Waals surface area contributed by atoms with Crippen molar-refractivity contribution in [1.82, 2.24) is 9.55 Å². The number of anilines is 1. The maximum atomic E-state index is 5.14. The summed E-state index contributed by atoms with van der Waals surface area (Å²) in [6, 6.07) is 0. The predicted octanol–water partition coefficient (Wildman–Crippen LogP) is 1.68. The normalized spacial score (nSPS) is 9.71. The summed E-state index contributed by atoms with van der Waals surface area (Å²) in [4.78, 5) is 4.21. The molecule has 0 saturated heterocycles. The Labute approximate surface area is 89.3 Å². The van der Waals surface area contributed by atoms with Crippen molar-refractivity contribution in [1.29, 1.82) is 0 Å². The van der Waals surface area contributed by atoms with Gasteiger partial charge in [-0.15, -0.1) is 18.2 Å². The van der Waals surface area contributed by atoms with Crippen LogP contribution >= 0.6 is 11.8 Å². The Morgan fingerprint density at radius 3 is 3.29 bits per heavy atom. The topological polar surface area (TPSA) is 29.9 Å². The van der Waals surface area contributed by atoms with Crippen LogP contribution in [0.1, 0.15) is 6.92 Å². The minimum atomic E-state index is 0.782. The lowest BCUT2D eigenvalue weighted by molar-refractivity contribution is 0.766. The summed E-state index contributed by atoms with van der Waals surface area (Å²) >= 11 is 1.75. The predicted molar refractivity (Wildman–Crippen MR) is 62.5 cm³/mol. The molecule has 0 radical (unpaired) electrons. The van der Waals surface area contributed by atoms with Gasteiger partial charge in [0.1, 0.15) is 0 Å². The smallest absolute Gasteiger partial charge is 0.202 e. The van der Waals surface area contributed by atoms with Crippen molar-refractivity contribution in [3.63, 3.8) is 0 Å². The van der Waals surface area contributed by atoms with Crippen molar-refractivity contribution in [2.75, 3.05) is 23.4 Å². The van der Waals surface area contributed by atoms with Crippen LogP contribution in [0.4, 0.5) is 5.95 Å². The number of nitrogens with zero attached hydrogens (tertiary/aromatic N) is 2. The first-order valence-corrected chi connectivity index (χ1v) is 5.80. The van der Waals surface area contributed by atoms with Gasteiger partial charge in [0.25, 0.3) is 0 Å². The van der Waals surface area contributed by atoms with Crippen molar-refractivity contribution in [3.8, 4) is 12.3 Å². The quantitative estimate of drug-likeness (QED) is 0.571. The molecule has 4 heteroatoms. The number of nitrogens with one attached hydrogen (secondary N) is 1. The van der Waals surface area contributed by atoms with Gasteiger partial charge < -0.3 is 9.88 Å². The average Bonchev–Trinajstić information content (AvgIpc) is 2.65. The van der Waals surface area contributed by atoms with Crippen LogP contribution in [0, 0.1) is 12.3 Å². The molecule has 1 heterocycles. The highest BCUT2D eigenvalue weighted by molar-refractivity contribution is 7.99. The van der Waals surface area contributed by atoms with Gasteiger partial charge in [0.2, 0.25) is 5.95 Å². The van der Waals surface area contributed by atoms with Gasteiger partial charge in [-0.05, 0) is 6.92 Å². The van der Waals surface area contributed by atoms with Crippen LogP contribution in [0.3, 0.4) is 0 Å². The fourth-order valence-corrected chi connectivity index (χ4v) is 1.61. The second-order valence-electron chi connectivity index (χ2n) is 2.72. The molecular weight excluding hydrogens is 194 g/mol. The van der Waals surface area contributed by atoms with Crippen LogP contribution in [0.15, 0.2) is 12.4 Å². The van der Waals surface area contributed by atoms with E-state index in [-0.39, 0.29) is 0 Å². The molecule has 0 fully saturated rings. The van der Waals surface area contributed by atoms with Crippen LogP contribution in [0.5, 0.6) is 0 Å². The Bertz CT molecular complexity index is 301. The molecular formula is C10H15N3S. The van der Waals surface area contributed by atoms with Gasteiger partial charge in [-0.3, -0.25) is 0 Å². The van der Waals surface area contributed by atoms with E-state index in [0.717, 1.165) is 30.5 Å². The number of rotatable bonds is 6. The molecule has 3 nitrogen and oxygen atoms in total. The summed E-state index contributed by atoms with van der Waals surface area (Å²) in [6.07, 6.45) is 8.92. The zero-order valence-corrected chi connectivity index (χ0v) is 9.18. The maximum Gasteiger partial charge on any atom is 0.202 e. The van der Waals surface area contributed by atoms with Gasteiger partial charge in [0, 0.05) is 31.2 Å². The first-order chi connectivity index (χ1) is 6.88. The van der Waals surface area contributed by atoms with E-state index in [0.29, 0.717) is 0 Å². The standard InChI is InChI=1S/C10H15N3S/c1-3-8-14-9-6-12-10-11-5-7-13(10)4-2/h1,5,7H,4,6,8-9H2,2H3,(H,11,12). The molecule has 0 aliphatic carbocycles. The van der Waals surface area contributed by atoms with E-state index in [1.165, 1.54) is 0 Å². The number of imidazole rings is 1. The molecule has 14 heavy (non-hydrogen) atoms. The highest BCUT2D eigenvalue weighted by Gasteiger charge is 1.98. The van der Waals surface area contributed by atoms with E-state index in [1.54, 1.807) is 18.0 Å². The summed E-state index contributed by atoms with van der Waals surface area (Å²) in [5.41, 5.74) is 0. The molecule has 0 aromatic carbocycles. The number of hydrogen-bond donors (Lipinski definition) is 1. The molecule has 0 bridgehead atoms. The summed E-state index contributed by atoms with van der Waals surface area (Å²) in [5.74, 6) is 5.33. The lowest BCUT2D eigenvalue weighted by Crippen LogP contribution is -2.09. The highest BCUT2D eigenvalue weighted by Crippen LogP contribution is 2.04. The van der Waals surface area contributed by atoms with E-state index < -0.39 is 0 Å². The minimum absolute atomic E-state index is 0.782. The third-order valence-electron chi connectivity index (χ3n) is 1.77. The second-order valence-corrected chi connectivity index (χ2v) is 3.83. The van der Waals surface area contributed by atoms with Gasteiger partial charge in [-0.25, -0.2) is 4.98 Å². The lowest BCUT2D eigenvalue weighted by atomic mass is 10.7. The van der Waals surface area contributed by atoms with Crippen LogP contribution in [-0.4, -0.2) is 27.6 Å². The third-order valence-corrected chi connectivity index (χ3v) is 2.63. The Morgan fingerprint density at radius 2 is 2.57 bits per heavy atom. The van der Waals surface area contributed by atoms with Crippen LogP contribution in [0.25, 0.3) is 0 Å². The Balaban J connectivity index is 2.21. The van der Waals surface area contributed by atoms with Crippen molar-refractivity contribution < 1.29 is 0 Å². The molecule has 1 aromatic rings. The molecule has 0 aliphatic heterocycles. The van der Waals surface area contributed by atoms with E-state index in [1.807, 2.05) is 6.20 Å². The van der Waals surface area contributed by atoms with E-state index in [2.05, 4.69) is 27.7 Å². The van der Waals surface area contributed by atoms with Gasteiger partial charge in [0.15, 0.2) is 0 Å². The molecule has 1 N–H and O–H groups in total. The maximum absolute atomic E-state index is 5.14. The van der Waals surface area contributed by atoms with Crippen molar-refractivity contribution in [3.05, 3.63) is 12.4 Å². The second kappa shape index (κ2) is 6.39. The third kappa shape index (κ3) is 3.35.